The first-order chi connectivity index (χ1) is 20.6. The Labute approximate surface area is 245 Å². The van der Waals surface area contributed by atoms with Gasteiger partial charge in [0.15, 0.2) is 5.65 Å². The van der Waals surface area contributed by atoms with Crippen LogP contribution in [0.1, 0.15) is 18.4 Å². The number of hydrogen-bond donors (Lipinski definition) is 0. The number of likely N-dealkylation sites (N-methyl/N-ethyl adjacent to an activating group) is 1. The number of aromatic nitrogens is 9. The van der Waals surface area contributed by atoms with Crippen molar-refractivity contribution in [1.82, 2.24) is 54.5 Å². The van der Waals surface area contributed by atoms with Crippen LogP contribution in [0.2, 0.25) is 0 Å². The van der Waals surface area contributed by atoms with E-state index in [0.717, 1.165) is 93.5 Å². The van der Waals surface area contributed by atoms with Crippen LogP contribution in [0.4, 0.5) is 5.95 Å². The molecule has 2 saturated heterocycles. The van der Waals surface area contributed by atoms with Gasteiger partial charge in [0.25, 0.3) is 0 Å². The first-order valence-electron chi connectivity index (χ1n) is 14.7. The molecular weight excluding hydrogens is 528 g/mol. The lowest BCUT2D eigenvalue weighted by atomic mass is 9.98. The highest BCUT2D eigenvalue weighted by atomic mass is 15.5. The van der Waals surface area contributed by atoms with Crippen molar-refractivity contribution >= 4 is 17.2 Å². The number of anilines is 1. The van der Waals surface area contributed by atoms with E-state index >= 15 is 0 Å². The van der Waals surface area contributed by atoms with E-state index in [1.54, 1.807) is 17.1 Å². The van der Waals surface area contributed by atoms with Crippen LogP contribution in [-0.4, -0.2) is 101 Å². The van der Waals surface area contributed by atoms with Crippen LogP contribution >= 0.6 is 0 Å². The van der Waals surface area contributed by atoms with Crippen molar-refractivity contribution in [3.05, 3.63) is 60.8 Å². The Kier molecular flexibility index (Phi) is 7.30. The molecule has 0 N–H and O–H groups in total. The van der Waals surface area contributed by atoms with Crippen LogP contribution in [0.15, 0.2) is 55.2 Å². The number of piperazine rings is 1. The lowest BCUT2D eigenvalue weighted by Crippen LogP contribution is -2.43. The van der Waals surface area contributed by atoms with Crippen LogP contribution < -0.4 is 4.90 Å². The van der Waals surface area contributed by atoms with Crippen molar-refractivity contribution in [2.75, 3.05) is 51.2 Å². The number of nitrogens with zero attached hydrogens (tertiary/aromatic N) is 12. The third-order valence-corrected chi connectivity index (χ3v) is 8.39. The minimum absolute atomic E-state index is 0.378. The van der Waals surface area contributed by atoms with E-state index < -0.39 is 0 Å². The van der Waals surface area contributed by atoms with Crippen molar-refractivity contribution in [3.63, 3.8) is 0 Å². The number of fused-ring (bicyclic) bond motifs is 1. The van der Waals surface area contributed by atoms with Crippen molar-refractivity contribution in [1.29, 1.82) is 0 Å². The van der Waals surface area contributed by atoms with Gasteiger partial charge in [-0.2, -0.15) is 5.10 Å². The quantitative estimate of drug-likeness (QED) is 0.293. The summed E-state index contributed by atoms with van der Waals surface area (Å²) in [6.07, 6.45) is 11.5. The maximum atomic E-state index is 4.82. The minimum Gasteiger partial charge on any atom is -0.340 e. The van der Waals surface area contributed by atoms with E-state index in [4.69, 9.17) is 15.0 Å². The normalized spacial score (nSPS) is 18.6. The highest BCUT2D eigenvalue weighted by Crippen LogP contribution is 2.25. The highest BCUT2D eigenvalue weighted by molar-refractivity contribution is 5.69. The molecular formula is C30H36N12. The van der Waals surface area contributed by atoms with E-state index in [-0.39, 0.29) is 0 Å². The second-order valence-electron chi connectivity index (χ2n) is 11.6. The molecule has 2 fully saturated rings. The third-order valence-electron chi connectivity index (χ3n) is 8.39. The first-order valence-corrected chi connectivity index (χ1v) is 14.7. The van der Waals surface area contributed by atoms with Gasteiger partial charge in [-0.1, -0.05) is 29.5 Å². The zero-order chi connectivity index (χ0) is 28.5. The van der Waals surface area contributed by atoms with Crippen LogP contribution in [0.3, 0.4) is 0 Å². The van der Waals surface area contributed by atoms with E-state index in [2.05, 4.69) is 66.4 Å². The van der Waals surface area contributed by atoms with Gasteiger partial charge < -0.3 is 9.80 Å². The topological polar surface area (TPSA) is 110 Å². The highest BCUT2D eigenvalue weighted by Gasteiger charge is 2.24. The molecule has 4 aromatic heterocycles. The predicted molar refractivity (Wildman–Crippen MR) is 160 cm³/mol. The largest absolute Gasteiger partial charge is 0.340 e. The van der Waals surface area contributed by atoms with Gasteiger partial charge >= 0.3 is 0 Å². The van der Waals surface area contributed by atoms with Crippen LogP contribution in [0, 0.1) is 5.92 Å². The van der Waals surface area contributed by atoms with Crippen LogP contribution in [0.25, 0.3) is 33.7 Å². The molecule has 6 heterocycles. The summed E-state index contributed by atoms with van der Waals surface area (Å²) in [7, 11) is 4.08. The molecule has 2 aliphatic heterocycles. The Bertz CT molecular complexity index is 1630. The molecule has 5 aromatic rings. The predicted octanol–water partition coefficient (Wildman–Crippen LogP) is 2.74. The minimum atomic E-state index is 0.378. The third kappa shape index (κ3) is 5.72. The number of rotatable bonds is 7. The SMILES string of the molecule is CN1CCN(Cc2ccc(-c3cnc(N4CCC[C@@H](Cn5nnc6ncc(-c7cnn(C)c7)nc65)C4)nc3)cc2)CC1. The van der Waals surface area contributed by atoms with Gasteiger partial charge in [-0.05, 0) is 36.9 Å². The summed E-state index contributed by atoms with van der Waals surface area (Å²) in [5, 5.41) is 12.9. The van der Waals surface area contributed by atoms with Crippen molar-refractivity contribution in [2.24, 2.45) is 13.0 Å². The number of piperidine rings is 1. The first kappa shape index (κ1) is 26.6. The molecule has 216 valence electrons. The molecule has 2 aliphatic rings. The van der Waals surface area contributed by atoms with Gasteiger partial charge in [-0.15, -0.1) is 5.10 Å². The second-order valence-corrected chi connectivity index (χ2v) is 11.6. The Balaban J connectivity index is 0.994. The van der Waals surface area contributed by atoms with E-state index in [0.29, 0.717) is 17.2 Å². The number of benzene rings is 1. The molecule has 42 heavy (non-hydrogen) atoms. The Hall–Kier alpha value is -4.29. The maximum absolute atomic E-state index is 4.82. The molecule has 0 saturated carbocycles. The van der Waals surface area contributed by atoms with Crippen molar-refractivity contribution < 1.29 is 0 Å². The smallest absolute Gasteiger partial charge is 0.225 e. The van der Waals surface area contributed by atoms with Crippen LogP contribution in [0.5, 0.6) is 0 Å². The standard InChI is InChI=1S/C30H36N12/c1-38-10-12-40(13-11-38)18-22-5-7-24(8-6-22)25-14-32-30(33-15-25)41-9-3-4-23(19-41)20-42-29-28(36-37-42)31-17-27(35-29)26-16-34-39(2)21-26/h5-8,14-17,21,23H,3-4,9-13,18-20H2,1-2H3/t23-/m1/s1. The average Bonchev–Trinajstić information content (AvgIpc) is 3.64. The fourth-order valence-corrected chi connectivity index (χ4v) is 5.91. The summed E-state index contributed by atoms with van der Waals surface area (Å²) in [5.74, 6) is 1.15. The molecule has 0 amide bonds. The molecule has 12 nitrogen and oxygen atoms in total. The lowest BCUT2D eigenvalue weighted by molar-refractivity contribution is 0.148. The molecule has 0 spiro atoms. The molecule has 0 radical (unpaired) electrons. The van der Waals surface area contributed by atoms with Gasteiger partial charge in [0.1, 0.15) is 0 Å². The summed E-state index contributed by atoms with van der Waals surface area (Å²) < 4.78 is 3.64. The molecule has 1 atom stereocenters. The van der Waals surface area contributed by atoms with Gasteiger partial charge in [0.2, 0.25) is 11.6 Å². The summed E-state index contributed by atoms with van der Waals surface area (Å²) in [4.78, 5) is 26.0. The van der Waals surface area contributed by atoms with E-state index in [9.17, 15) is 0 Å². The molecule has 0 aliphatic carbocycles. The summed E-state index contributed by atoms with van der Waals surface area (Å²) >= 11 is 0. The van der Waals surface area contributed by atoms with Crippen molar-refractivity contribution in [2.45, 2.75) is 25.9 Å². The molecule has 0 unspecified atom stereocenters. The zero-order valence-corrected chi connectivity index (χ0v) is 24.2. The fraction of sp³-hybridized carbons (Fsp3) is 0.433. The molecule has 12 heteroatoms. The van der Waals surface area contributed by atoms with Gasteiger partial charge in [0.05, 0.1) is 18.1 Å². The fourth-order valence-electron chi connectivity index (χ4n) is 5.91. The molecule has 7 rings (SSSR count). The number of aryl methyl sites for hydroxylation is 1. The van der Waals surface area contributed by atoms with Gasteiger partial charge in [0, 0.05) is 89.1 Å². The van der Waals surface area contributed by atoms with E-state index in [1.807, 2.05) is 30.3 Å². The van der Waals surface area contributed by atoms with Gasteiger partial charge in [-0.3, -0.25) is 9.58 Å². The Morgan fingerprint density at radius 3 is 2.40 bits per heavy atom. The molecule has 0 bridgehead atoms. The van der Waals surface area contributed by atoms with Crippen LogP contribution in [-0.2, 0) is 20.1 Å². The summed E-state index contributed by atoms with van der Waals surface area (Å²) in [5.41, 5.74) is 6.47. The molecule has 1 aromatic carbocycles. The second kappa shape index (κ2) is 11.5. The van der Waals surface area contributed by atoms with E-state index in [1.165, 1.54) is 5.56 Å². The number of hydrogen-bond acceptors (Lipinski definition) is 10. The lowest BCUT2D eigenvalue weighted by Gasteiger charge is -2.32. The van der Waals surface area contributed by atoms with Crippen molar-refractivity contribution in [3.8, 4) is 22.4 Å². The Morgan fingerprint density at radius 2 is 1.64 bits per heavy atom. The Morgan fingerprint density at radius 1 is 0.833 bits per heavy atom. The average molecular weight is 565 g/mol. The summed E-state index contributed by atoms with van der Waals surface area (Å²) in [6.45, 7) is 8.05. The summed E-state index contributed by atoms with van der Waals surface area (Å²) in [6, 6.07) is 8.83. The van der Waals surface area contributed by atoms with Gasteiger partial charge in [-0.25, -0.2) is 24.6 Å². The monoisotopic (exact) mass is 564 g/mol. The zero-order valence-electron chi connectivity index (χ0n) is 24.2. The maximum Gasteiger partial charge on any atom is 0.225 e.